The summed E-state index contributed by atoms with van der Waals surface area (Å²) in [6.45, 7) is 3.75. The molecular weight excluding hydrogens is 264 g/mol. The van der Waals surface area contributed by atoms with Crippen LogP contribution in [0.15, 0.2) is 29.8 Å². The third-order valence-electron chi connectivity index (χ3n) is 4.90. The van der Waals surface area contributed by atoms with E-state index in [1.165, 1.54) is 25.9 Å². The molecular formula is C17H20N2O2. The van der Waals surface area contributed by atoms with E-state index in [-0.39, 0.29) is 5.91 Å². The van der Waals surface area contributed by atoms with Crippen molar-refractivity contribution in [3.8, 4) is 5.75 Å². The SMILES string of the molecule is O=C(NC1CN2CCC1CC2)C1=Cc2ccccc2OC1. The van der Waals surface area contributed by atoms with Gasteiger partial charge in [-0.15, -0.1) is 0 Å². The molecule has 0 radical (unpaired) electrons. The van der Waals surface area contributed by atoms with Gasteiger partial charge in [0.1, 0.15) is 12.4 Å². The zero-order valence-corrected chi connectivity index (χ0v) is 12.0. The molecule has 1 atom stereocenters. The van der Waals surface area contributed by atoms with Gasteiger partial charge in [0.25, 0.3) is 5.91 Å². The van der Waals surface area contributed by atoms with E-state index in [4.69, 9.17) is 4.74 Å². The van der Waals surface area contributed by atoms with Gasteiger partial charge in [0, 0.05) is 18.2 Å². The van der Waals surface area contributed by atoms with Crippen molar-refractivity contribution in [3.05, 3.63) is 35.4 Å². The molecule has 4 heterocycles. The molecule has 110 valence electrons. The van der Waals surface area contributed by atoms with Crippen molar-refractivity contribution in [2.24, 2.45) is 5.92 Å². The fourth-order valence-corrected chi connectivity index (χ4v) is 3.64. The second kappa shape index (κ2) is 5.19. The number of hydrogen-bond donors (Lipinski definition) is 1. The fourth-order valence-electron chi connectivity index (χ4n) is 3.64. The number of piperidine rings is 3. The Balaban J connectivity index is 1.47. The second-order valence-corrected chi connectivity index (χ2v) is 6.21. The van der Waals surface area contributed by atoms with Gasteiger partial charge >= 0.3 is 0 Å². The Morgan fingerprint density at radius 1 is 1.24 bits per heavy atom. The number of benzene rings is 1. The van der Waals surface area contributed by atoms with Crippen molar-refractivity contribution in [3.63, 3.8) is 0 Å². The van der Waals surface area contributed by atoms with Gasteiger partial charge in [-0.25, -0.2) is 0 Å². The van der Waals surface area contributed by atoms with Gasteiger partial charge in [0.15, 0.2) is 0 Å². The van der Waals surface area contributed by atoms with Crippen LogP contribution in [0.25, 0.3) is 6.08 Å². The first kappa shape index (κ1) is 12.9. The Morgan fingerprint density at radius 3 is 2.81 bits per heavy atom. The largest absolute Gasteiger partial charge is 0.488 e. The molecule has 5 rings (SSSR count). The van der Waals surface area contributed by atoms with Crippen LogP contribution < -0.4 is 10.1 Å². The van der Waals surface area contributed by atoms with Crippen LogP contribution in [-0.2, 0) is 4.79 Å². The lowest BCUT2D eigenvalue weighted by Crippen LogP contribution is -2.57. The van der Waals surface area contributed by atoms with Gasteiger partial charge < -0.3 is 15.0 Å². The molecule has 1 aromatic rings. The lowest BCUT2D eigenvalue weighted by molar-refractivity contribution is -0.119. The molecule has 0 spiro atoms. The van der Waals surface area contributed by atoms with Crippen LogP contribution in [0.1, 0.15) is 18.4 Å². The average molecular weight is 284 g/mol. The van der Waals surface area contributed by atoms with E-state index in [1.54, 1.807) is 0 Å². The topological polar surface area (TPSA) is 41.6 Å². The van der Waals surface area contributed by atoms with E-state index in [0.29, 0.717) is 18.6 Å². The van der Waals surface area contributed by atoms with E-state index < -0.39 is 0 Å². The molecule has 3 fully saturated rings. The number of rotatable bonds is 2. The average Bonchev–Trinajstić information content (AvgIpc) is 2.55. The van der Waals surface area contributed by atoms with Crippen LogP contribution >= 0.6 is 0 Å². The minimum atomic E-state index is 0.0308. The molecule has 4 heteroatoms. The van der Waals surface area contributed by atoms with Crippen molar-refractivity contribution in [1.29, 1.82) is 0 Å². The predicted molar refractivity (Wildman–Crippen MR) is 81.0 cm³/mol. The molecule has 2 bridgehead atoms. The first-order valence-electron chi connectivity index (χ1n) is 7.75. The highest BCUT2D eigenvalue weighted by Crippen LogP contribution is 2.29. The lowest BCUT2D eigenvalue weighted by Gasteiger charge is -2.45. The summed E-state index contributed by atoms with van der Waals surface area (Å²) >= 11 is 0. The third kappa shape index (κ3) is 2.44. The highest BCUT2D eigenvalue weighted by atomic mass is 16.5. The smallest absolute Gasteiger partial charge is 0.250 e. The number of nitrogens with zero attached hydrogens (tertiary/aromatic N) is 1. The number of hydrogen-bond acceptors (Lipinski definition) is 3. The summed E-state index contributed by atoms with van der Waals surface area (Å²) in [7, 11) is 0. The summed E-state index contributed by atoms with van der Waals surface area (Å²) < 4.78 is 5.67. The maximum atomic E-state index is 12.5. The Kier molecular flexibility index (Phi) is 3.19. The summed E-state index contributed by atoms with van der Waals surface area (Å²) in [6, 6.07) is 8.14. The molecule has 1 unspecified atom stereocenters. The van der Waals surface area contributed by atoms with Crippen LogP contribution in [0.3, 0.4) is 0 Å². The maximum Gasteiger partial charge on any atom is 0.250 e. The number of fused-ring (bicyclic) bond motifs is 4. The molecule has 4 aliphatic rings. The van der Waals surface area contributed by atoms with Crippen LogP contribution in [0.5, 0.6) is 5.75 Å². The predicted octanol–water partition coefficient (Wildman–Crippen LogP) is 1.67. The molecule has 3 saturated heterocycles. The van der Waals surface area contributed by atoms with E-state index >= 15 is 0 Å². The normalized spacial score (nSPS) is 30.1. The summed E-state index contributed by atoms with van der Waals surface area (Å²) in [5, 5.41) is 3.22. The minimum absolute atomic E-state index is 0.0308. The van der Waals surface area contributed by atoms with Gasteiger partial charge in [0.2, 0.25) is 0 Å². The molecule has 0 aliphatic carbocycles. The minimum Gasteiger partial charge on any atom is -0.488 e. The van der Waals surface area contributed by atoms with E-state index in [2.05, 4.69) is 10.2 Å². The van der Waals surface area contributed by atoms with E-state index in [9.17, 15) is 4.79 Å². The number of ether oxygens (including phenoxy) is 1. The van der Waals surface area contributed by atoms with E-state index in [0.717, 1.165) is 23.4 Å². The van der Waals surface area contributed by atoms with E-state index in [1.807, 2.05) is 30.3 Å². The molecule has 1 aromatic carbocycles. The summed E-state index contributed by atoms with van der Waals surface area (Å²) in [6.07, 6.45) is 4.38. The van der Waals surface area contributed by atoms with Crippen molar-refractivity contribution in [2.45, 2.75) is 18.9 Å². The fraction of sp³-hybridized carbons (Fsp3) is 0.471. The first-order valence-corrected chi connectivity index (χ1v) is 7.75. The summed E-state index contributed by atoms with van der Waals surface area (Å²) in [4.78, 5) is 14.9. The number of carbonyl (C=O) groups is 1. The van der Waals surface area contributed by atoms with Gasteiger partial charge in [-0.3, -0.25) is 4.79 Å². The first-order chi connectivity index (χ1) is 10.3. The Bertz CT molecular complexity index is 588. The van der Waals surface area contributed by atoms with Crippen LogP contribution in [0, 0.1) is 5.92 Å². The molecule has 21 heavy (non-hydrogen) atoms. The van der Waals surface area contributed by atoms with Crippen LogP contribution in [0.2, 0.25) is 0 Å². The second-order valence-electron chi connectivity index (χ2n) is 6.21. The molecule has 4 nitrogen and oxygen atoms in total. The Labute approximate surface area is 124 Å². The highest BCUT2D eigenvalue weighted by Gasteiger charge is 2.35. The number of carbonyl (C=O) groups excluding carboxylic acids is 1. The maximum absolute atomic E-state index is 12.5. The standard InChI is InChI=1S/C17H20N2O2/c20-17(18-15-10-19-7-5-12(15)6-8-19)14-9-13-3-1-2-4-16(13)21-11-14/h1-4,9,12,15H,5-8,10-11H2,(H,18,20). The molecule has 0 aromatic heterocycles. The van der Waals surface area contributed by atoms with Gasteiger partial charge in [-0.2, -0.15) is 0 Å². The van der Waals surface area contributed by atoms with Crippen LogP contribution in [0.4, 0.5) is 0 Å². The lowest BCUT2D eigenvalue weighted by atomic mass is 9.84. The van der Waals surface area contributed by atoms with Gasteiger partial charge in [0.05, 0.1) is 5.57 Å². The molecule has 1 amide bonds. The van der Waals surface area contributed by atoms with Crippen molar-refractivity contribution in [1.82, 2.24) is 10.2 Å². The Hall–Kier alpha value is -1.81. The zero-order chi connectivity index (χ0) is 14.2. The van der Waals surface area contributed by atoms with Crippen molar-refractivity contribution >= 4 is 12.0 Å². The quantitative estimate of drug-likeness (QED) is 0.898. The highest BCUT2D eigenvalue weighted by molar-refractivity contribution is 5.99. The van der Waals surface area contributed by atoms with Crippen molar-refractivity contribution in [2.75, 3.05) is 26.2 Å². The number of amides is 1. The number of nitrogens with one attached hydrogen (secondary N) is 1. The summed E-state index contributed by atoms with van der Waals surface area (Å²) in [5.41, 5.74) is 1.72. The summed E-state index contributed by atoms with van der Waals surface area (Å²) in [5.74, 6) is 1.54. The zero-order valence-electron chi connectivity index (χ0n) is 12.0. The molecule has 0 saturated carbocycles. The molecule has 4 aliphatic heterocycles. The Morgan fingerprint density at radius 2 is 2.05 bits per heavy atom. The monoisotopic (exact) mass is 284 g/mol. The molecule has 1 N–H and O–H groups in total. The van der Waals surface area contributed by atoms with Crippen molar-refractivity contribution < 1.29 is 9.53 Å². The third-order valence-corrected chi connectivity index (χ3v) is 4.90. The van der Waals surface area contributed by atoms with Gasteiger partial charge in [-0.1, -0.05) is 18.2 Å². The van der Waals surface area contributed by atoms with Gasteiger partial charge in [-0.05, 0) is 44.0 Å². The van der Waals surface area contributed by atoms with Crippen LogP contribution in [-0.4, -0.2) is 43.1 Å². The number of para-hydroxylation sites is 1.